The quantitative estimate of drug-likeness (QED) is 0.218. The lowest BCUT2D eigenvalue weighted by molar-refractivity contribution is -0.128. The Morgan fingerprint density at radius 1 is 0.897 bits per heavy atom. The van der Waals surface area contributed by atoms with Crippen molar-refractivity contribution in [3.63, 3.8) is 0 Å². The van der Waals surface area contributed by atoms with E-state index >= 15 is 0 Å². The Labute approximate surface area is 230 Å². The summed E-state index contributed by atoms with van der Waals surface area (Å²) in [4.78, 5) is 29.6. The molecule has 6 heteroatoms. The van der Waals surface area contributed by atoms with Crippen molar-refractivity contribution in [2.75, 3.05) is 7.05 Å². The van der Waals surface area contributed by atoms with E-state index in [1.807, 2.05) is 66.7 Å². The number of nitrogens with two attached hydrogens (primary N) is 1. The number of benzene rings is 3. The van der Waals surface area contributed by atoms with Crippen LogP contribution in [-0.4, -0.2) is 23.8 Å². The van der Waals surface area contributed by atoms with Crippen molar-refractivity contribution < 1.29 is 9.59 Å². The third kappa shape index (κ3) is 6.07. The van der Waals surface area contributed by atoms with Crippen LogP contribution in [0.25, 0.3) is 22.0 Å². The maximum absolute atomic E-state index is 13.2. The summed E-state index contributed by atoms with van der Waals surface area (Å²) in [6.45, 7) is 0. The second kappa shape index (κ2) is 12.3. The summed E-state index contributed by atoms with van der Waals surface area (Å²) in [7, 11) is 1.59. The molecule has 1 unspecified atom stereocenters. The van der Waals surface area contributed by atoms with E-state index in [1.54, 1.807) is 7.05 Å². The zero-order chi connectivity index (χ0) is 27.2. The summed E-state index contributed by atoms with van der Waals surface area (Å²) in [5.41, 5.74) is 12.9. The van der Waals surface area contributed by atoms with Crippen LogP contribution < -0.4 is 16.4 Å². The van der Waals surface area contributed by atoms with E-state index in [-0.39, 0.29) is 24.3 Å². The Morgan fingerprint density at radius 3 is 2.28 bits per heavy atom. The van der Waals surface area contributed by atoms with Crippen molar-refractivity contribution in [2.24, 2.45) is 11.7 Å². The van der Waals surface area contributed by atoms with Crippen LogP contribution in [0.15, 0.2) is 78.9 Å². The lowest BCUT2D eigenvalue weighted by atomic mass is 9.82. The molecule has 2 atom stereocenters. The highest BCUT2D eigenvalue weighted by molar-refractivity contribution is 5.89. The lowest BCUT2D eigenvalue weighted by Crippen LogP contribution is -2.39. The summed E-state index contributed by atoms with van der Waals surface area (Å²) in [5, 5.41) is 6.78. The third-order valence-corrected chi connectivity index (χ3v) is 8.10. The molecule has 5 rings (SSSR count). The highest BCUT2D eigenvalue weighted by Gasteiger charge is 2.27. The maximum Gasteiger partial charge on any atom is 0.246 e. The monoisotopic (exact) mass is 522 g/mol. The van der Waals surface area contributed by atoms with Gasteiger partial charge in [0.2, 0.25) is 11.8 Å². The molecule has 0 radical (unpaired) electrons. The first-order valence-corrected chi connectivity index (χ1v) is 14.1. The second-order valence-electron chi connectivity index (χ2n) is 10.6. The van der Waals surface area contributed by atoms with Gasteiger partial charge in [0.15, 0.2) is 0 Å². The molecular formula is C33H38N4O2. The van der Waals surface area contributed by atoms with E-state index in [0.29, 0.717) is 12.3 Å². The number of aryl methyl sites for hydroxylation is 1. The number of para-hydroxylation sites is 1. The second-order valence-corrected chi connectivity index (χ2v) is 10.6. The highest BCUT2D eigenvalue weighted by atomic mass is 16.2. The van der Waals surface area contributed by atoms with Gasteiger partial charge < -0.3 is 21.4 Å². The van der Waals surface area contributed by atoms with E-state index in [1.165, 1.54) is 19.3 Å². The van der Waals surface area contributed by atoms with Gasteiger partial charge in [0, 0.05) is 36.1 Å². The van der Waals surface area contributed by atoms with Crippen LogP contribution in [0.3, 0.4) is 0 Å². The zero-order valence-electron chi connectivity index (χ0n) is 22.6. The summed E-state index contributed by atoms with van der Waals surface area (Å²) < 4.78 is 0. The molecule has 5 N–H and O–H groups in total. The molecule has 6 nitrogen and oxygen atoms in total. The fraction of sp³-hybridized carbons (Fsp3) is 0.333. The molecule has 2 amide bonds. The normalized spacial score (nSPS) is 15.5. The number of H-pyrrole nitrogens is 1. The van der Waals surface area contributed by atoms with Crippen LogP contribution in [0.2, 0.25) is 0 Å². The zero-order valence-corrected chi connectivity index (χ0v) is 22.6. The molecule has 39 heavy (non-hydrogen) atoms. The molecule has 1 fully saturated rings. The molecule has 202 valence electrons. The number of nitrogens with one attached hydrogen (secondary N) is 3. The fourth-order valence-corrected chi connectivity index (χ4v) is 5.92. The number of carbonyl (C=O) groups excluding carboxylic acids is 2. The van der Waals surface area contributed by atoms with Crippen molar-refractivity contribution in [1.82, 2.24) is 15.6 Å². The molecule has 0 aliphatic heterocycles. The summed E-state index contributed by atoms with van der Waals surface area (Å²) in [5.74, 6) is 0.0389. The fourth-order valence-electron chi connectivity index (χ4n) is 5.92. The van der Waals surface area contributed by atoms with Gasteiger partial charge in [-0.2, -0.15) is 0 Å². The molecule has 1 aliphatic carbocycles. The molecule has 1 aromatic heterocycles. The maximum atomic E-state index is 13.2. The van der Waals surface area contributed by atoms with Crippen molar-refractivity contribution in [3.8, 4) is 11.1 Å². The molecule has 3 aromatic carbocycles. The van der Waals surface area contributed by atoms with Crippen molar-refractivity contribution in [3.05, 3.63) is 95.7 Å². The molecule has 1 saturated carbocycles. The van der Waals surface area contributed by atoms with Crippen LogP contribution >= 0.6 is 0 Å². The van der Waals surface area contributed by atoms with Crippen molar-refractivity contribution in [1.29, 1.82) is 0 Å². The van der Waals surface area contributed by atoms with Crippen LogP contribution in [0.5, 0.6) is 0 Å². The van der Waals surface area contributed by atoms with E-state index < -0.39 is 6.04 Å². The van der Waals surface area contributed by atoms with Gasteiger partial charge in [-0.1, -0.05) is 92.1 Å². The van der Waals surface area contributed by atoms with Crippen molar-refractivity contribution >= 4 is 22.7 Å². The van der Waals surface area contributed by atoms with Crippen LogP contribution in [0.4, 0.5) is 0 Å². The van der Waals surface area contributed by atoms with Crippen molar-refractivity contribution in [2.45, 2.75) is 57.0 Å². The van der Waals surface area contributed by atoms with Gasteiger partial charge >= 0.3 is 0 Å². The number of hydrogen-bond acceptors (Lipinski definition) is 3. The molecule has 1 heterocycles. The largest absolute Gasteiger partial charge is 0.357 e. The topological polar surface area (TPSA) is 100 Å². The number of carbonyl (C=O) groups is 2. The number of aromatic nitrogens is 1. The standard InChI is InChI=1S/C33H38N4O2/c1-35-33(39)31(25-18-16-23(17-19-25)22-10-4-2-5-11-22)37-29(38)21-20-27-26-14-8-9-15-28(26)36-32(27)30(34)24-12-6-3-7-13-24/h2,4-5,8-11,14-19,24,30-31,36H,3,6-7,12-13,20-21,34H2,1H3,(H,35,39)(H,37,38)/t30-,31?/m1/s1. The molecule has 0 spiro atoms. The first-order chi connectivity index (χ1) is 19.0. The molecular weight excluding hydrogens is 484 g/mol. The molecule has 0 saturated heterocycles. The summed E-state index contributed by atoms with van der Waals surface area (Å²) in [6, 6.07) is 25.2. The van der Waals surface area contributed by atoms with Gasteiger partial charge in [-0.25, -0.2) is 0 Å². The number of likely N-dealkylation sites (N-methyl/N-ethyl adjacent to an activating group) is 1. The average molecular weight is 523 g/mol. The van der Waals surface area contributed by atoms with Crippen LogP contribution in [0.1, 0.15) is 67.4 Å². The minimum absolute atomic E-state index is 0.0718. The Morgan fingerprint density at radius 2 is 1.56 bits per heavy atom. The van der Waals surface area contributed by atoms with Gasteiger partial charge in [-0.05, 0) is 53.5 Å². The predicted molar refractivity (Wildman–Crippen MR) is 157 cm³/mol. The number of fused-ring (bicyclic) bond motifs is 1. The Bertz CT molecular complexity index is 1400. The van der Waals surface area contributed by atoms with E-state index in [9.17, 15) is 9.59 Å². The first kappa shape index (κ1) is 26.7. The smallest absolute Gasteiger partial charge is 0.246 e. The van der Waals surface area contributed by atoms with Crippen LogP contribution in [-0.2, 0) is 16.0 Å². The molecule has 1 aliphatic rings. The van der Waals surface area contributed by atoms with Gasteiger partial charge in [-0.3, -0.25) is 9.59 Å². The number of aromatic amines is 1. The molecule has 0 bridgehead atoms. The highest BCUT2D eigenvalue weighted by Crippen LogP contribution is 2.36. The lowest BCUT2D eigenvalue weighted by Gasteiger charge is -2.27. The van der Waals surface area contributed by atoms with Gasteiger partial charge in [0.25, 0.3) is 0 Å². The van der Waals surface area contributed by atoms with Gasteiger partial charge in [-0.15, -0.1) is 0 Å². The predicted octanol–water partition coefficient (Wildman–Crippen LogP) is 5.95. The van der Waals surface area contributed by atoms with Gasteiger partial charge in [0.05, 0.1) is 0 Å². The SMILES string of the molecule is CNC(=O)C(NC(=O)CCc1c([C@H](N)C2CCCCC2)[nH]c2ccccc12)c1ccc(-c2ccccc2)cc1. The minimum atomic E-state index is -0.765. The molecule has 4 aromatic rings. The number of rotatable bonds is 9. The number of amides is 2. The van der Waals surface area contributed by atoms with E-state index in [0.717, 1.165) is 51.7 Å². The number of hydrogen-bond donors (Lipinski definition) is 4. The van der Waals surface area contributed by atoms with Gasteiger partial charge in [0.1, 0.15) is 6.04 Å². The first-order valence-electron chi connectivity index (χ1n) is 14.1. The van der Waals surface area contributed by atoms with E-state index in [4.69, 9.17) is 5.73 Å². The summed E-state index contributed by atoms with van der Waals surface area (Å²) in [6.07, 6.45) is 6.85. The third-order valence-electron chi connectivity index (χ3n) is 8.10. The Balaban J connectivity index is 1.32. The Hall–Kier alpha value is -3.90. The van der Waals surface area contributed by atoms with E-state index in [2.05, 4.69) is 27.8 Å². The Kier molecular flexibility index (Phi) is 8.42. The van der Waals surface area contributed by atoms with Crippen LogP contribution in [0, 0.1) is 5.92 Å². The average Bonchev–Trinajstić information content (AvgIpc) is 3.37. The summed E-state index contributed by atoms with van der Waals surface area (Å²) >= 11 is 0. The minimum Gasteiger partial charge on any atom is -0.357 e.